The minimum atomic E-state index is -0.608. The summed E-state index contributed by atoms with van der Waals surface area (Å²) < 4.78 is 0. The van der Waals surface area contributed by atoms with Gasteiger partial charge < -0.3 is 21.1 Å². The molecule has 0 bridgehead atoms. The number of benzene rings is 1. The summed E-state index contributed by atoms with van der Waals surface area (Å²) in [6, 6.07) is 15.4. The molecule has 1 aliphatic heterocycles. The van der Waals surface area contributed by atoms with E-state index in [4.69, 9.17) is 5.73 Å². The van der Waals surface area contributed by atoms with E-state index in [1.807, 2.05) is 42.5 Å². The molecule has 4 N–H and O–H groups in total. The first-order valence-corrected chi connectivity index (χ1v) is 10.9. The van der Waals surface area contributed by atoms with Gasteiger partial charge in [0.25, 0.3) is 5.91 Å². The average Bonchev–Trinajstić information content (AvgIpc) is 3.28. The fraction of sp³-hybridized carbons (Fsp3) is 0.320. The second kappa shape index (κ2) is 9.89. The second-order valence-corrected chi connectivity index (χ2v) is 8.43. The zero-order chi connectivity index (χ0) is 22.5. The fourth-order valence-corrected chi connectivity index (χ4v) is 4.21. The molecule has 1 unspecified atom stereocenters. The highest BCUT2D eigenvalue weighted by atomic mass is 16.3. The molecule has 3 atom stereocenters. The van der Waals surface area contributed by atoms with Crippen LogP contribution in [0.1, 0.15) is 46.0 Å². The number of nitrogens with zero attached hydrogens (tertiary/aromatic N) is 3. The number of aromatic nitrogens is 2. The van der Waals surface area contributed by atoms with Gasteiger partial charge in [-0.2, -0.15) is 0 Å². The van der Waals surface area contributed by atoms with Crippen molar-refractivity contribution < 1.29 is 9.90 Å². The monoisotopic (exact) mass is 431 g/mol. The molecule has 0 spiro atoms. The smallest absolute Gasteiger partial charge is 0.253 e. The van der Waals surface area contributed by atoms with E-state index in [2.05, 4.69) is 15.3 Å². The van der Waals surface area contributed by atoms with Crippen molar-refractivity contribution in [2.45, 2.75) is 44.0 Å². The van der Waals surface area contributed by atoms with Gasteiger partial charge in [-0.1, -0.05) is 24.3 Å². The maximum atomic E-state index is 12.7. The summed E-state index contributed by atoms with van der Waals surface area (Å²) in [5.41, 5.74) is 9.24. The lowest BCUT2D eigenvalue weighted by Crippen LogP contribution is -2.35. The molecule has 1 aliphatic rings. The van der Waals surface area contributed by atoms with Crippen LogP contribution in [0.4, 0.5) is 5.82 Å². The standard InChI is InChI=1S/C25H29N5O2/c1-30(16-18-3-2-12-27-14-18)25(32)19-6-4-17(5-7-19)13-21-9-10-22(29-21)24(31)20-8-11-23(26)28-15-20/h2-8,11-12,14-15,21-22,24,29,31H,9-10,13,16H2,1H3,(H2,26,28)/t21-,22+,24?/m0/s1. The Hall–Kier alpha value is -3.29. The summed E-state index contributed by atoms with van der Waals surface area (Å²) in [6.07, 6.45) is 7.25. The van der Waals surface area contributed by atoms with E-state index in [-0.39, 0.29) is 18.0 Å². The van der Waals surface area contributed by atoms with Gasteiger partial charge in [0.15, 0.2) is 0 Å². The van der Waals surface area contributed by atoms with Gasteiger partial charge in [-0.3, -0.25) is 9.78 Å². The number of hydrogen-bond donors (Lipinski definition) is 3. The topological polar surface area (TPSA) is 104 Å². The number of carbonyl (C=O) groups is 1. The molecule has 7 heteroatoms. The average molecular weight is 432 g/mol. The Bertz CT molecular complexity index is 1020. The molecule has 2 aromatic heterocycles. The summed E-state index contributed by atoms with van der Waals surface area (Å²) in [6.45, 7) is 0.521. The van der Waals surface area contributed by atoms with Crippen LogP contribution in [-0.2, 0) is 13.0 Å². The number of aliphatic hydroxyl groups is 1. The number of nitrogens with two attached hydrogens (primary N) is 1. The molecular weight excluding hydrogens is 402 g/mol. The molecule has 0 saturated carbocycles. The van der Waals surface area contributed by atoms with Crippen molar-refractivity contribution in [2.24, 2.45) is 0 Å². The third-order valence-electron chi connectivity index (χ3n) is 5.98. The number of hydrogen-bond acceptors (Lipinski definition) is 6. The first-order valence-electron chi connectivity index (χ1n) is 10.9. The van der Waals surface area contributed by atoms with E-state index < -0.39 is 6.10 Å². The zero-order valence-electron chi connectivity index (χ0n) is 18.2. The Morgan fingerprint density at radius 1 is 1.16 bits per heavy atom. The van der Waals surface area contributed by atoms with Crippen molar-refractivity contribution >= 4 is 11.7 Å². The number of aliphatic hydroxyl groups excluding tert-OH is 1. The maximum absolute atomic E-state index is 12.7. The third-order valence-corrected chi connectivity index (χ3v) is 5.98. The molecule has 7 nitrogen and oxygen atoms in total. The largest absolute Gasteiger partial charge is 0.387 e. The van der Waals surface area contributed by atoms with E-state index in [1.54, 1.807) is 36.6 Å². The Labute approximate surface area is 188 Å². The van der Waals surface area contributed by atoms with Crippen LogP contribution < -0.4 is 11.1 Å². The molecule has 3 heterocycles. The summed E-state index contributed by atoms with van der Waals surface area (Å²) in [5, 5.41) is 14.2. The Balaban J connectivity index is 1.31. The number of nitrogen functional groups attached to an aromatic ring is 1. The van der Waals surface area contributed by atoms with Crippen LogP contribution in [0.15, 0.2) is 67.1 Å². The minimum Gasteiger partial charge on any atom is -0.387 e. The first kappa shape index (κ1) is 21.9. The molecule has 1 aromatic carbocycles. The van der Waals surface area contributed by atoms with Crippen LogP contribution >= 0.6 is 0 Å². The summed E-state index contributed by atoms with van der Waals surface area (Å²) in [4.78, 5) is 22.6. The SMILES string of the molecule is CN(Cc1cccnc1)C(=O)c1ccc(C[C@@H]2CC[C@H](C(O)c3ccc(N)nc3)N2)cc1. The highest BCUT2D eigenvalue weighted by Gasteiger charge is 2.30. The number of amides is 1. The van der Waals surface area contributed by atoms with Crippen LogP contribution in [0.3, 0.4) is 0 Å². The number of nitrogens with one attached hydrogen (secondary N) is 1. The predicted molar refractivity (Wildman–Crippen MR) is 124 cm³/mol. The van der Waals surface area contributed by atoms with Crippen LogP contribution in [0.2, 0.25) is 0 Å². The van der Waals surface area contributed by atoms with Gasteiger partial charge in [-0.15, -0.1) is 0 Å². The normalized spacial score (nSPS) is 18.9. The third kappa shape index (κ3) is 5.30. The Morgan fingerprint density at radius 2 is 1.97 bits per heavy atom. The highest BCUT2D eigenvalue weighted by Crippen LogP contribution is 2.26. The molecule has 1 amide bonds. The molecule has 3 aromatic rings. The lowest BCUT2D eigenvalue weighted by Gasteiger charge is -2.20. The van der Waals surface area contributed by atoms with Gasteiger partial charge >= 0.3 is 0 Å². The number of anilines is 1. The fourth-order valence-electron chi connectivity index (χ4n) is 4.21. The first-order chi connectivity index (χ1) is 15.5. The highest BCUT2D eigenvalue weighted by molar-refractivity contribution is 5.94. The molecule has 1 saturated heterocycles. The van der Waals surface area contributed by atoms with E-state index in [0.29, 0.717) is 17.9 Å². The summed E-state index contributed by atoms with van der Waals surface area (Å²) in [7, 11) is 1.80. The lowest BCUT2D eigenvalue weighted by atomic mass is 10.0. The van der Waals surface area contributed by atoms with Gasteiger partial charge in [0.2, 0.25) is 0 Å². The van der Waals surface area contributed by atoms with Crippen molar-refractivity contribution in [3.8, 4) is 0 Å². The molecule has 32 heavy (non-hydrogen) atoms. The lowest BCUT2D eigenvalue weighted by molar-refractivity contribution is 0.0785. The van der Waals surface area contributed by atoms with E-state index >= 15 is 0 Å². The number of carbonyl (C=O) groups excluding carboxylic acids is 1. The molecule has 1 fully saturated rings. The predicted octanol–water partition coefficient (Wildman–Crippen LogP) is 2.73. The van der Waals surface area contributed by atoms with Gasteiger partial charge in [0.05, 0.1) is 6.10 Å². The van der Waals surface area contributed by atoms with Crippen LogP contribution in [0.25, 0.3) is 0 Å². The second-order valence-electron chi connectivity index (χ2n) is 8.43. The molecule has 166 valence electrons. The quantitative estimate of drug-likeness (QED) is 0.531. The summed E-state index contributed by atoms with van der Waals surface area (Å²) in [5.74, 6) is 0.433. The van der Waals surface area contributed by atoms with E-state index in [0.717, 1.165) is 30.4 Å². The number of rotatable bonds is 7. The Morgan fingerprint density at radius 3 is 2.66 bits per heavy atom. The van der Waals surface area contributed by atoms with Gasteiger partial charge in [-0.25, -0.2) is 4.98 Å². The van der Waals surface area contributed by atoms with Gasteiger partial charge in [0.1, 0.15) is 5.82 Å². The van der Waals surface area contributed by atoms with E-state index in [9.17, 15) is 9.90 Å². The van der Waals surface area contributed by atoms with Crippen LogP contribution in [-0.4, -0.2) is 45.0 Å². The van der Waals surface area contributed by atoms with Crippen molar-refractivity contribution in [1.82, 2.24) is 20.2 Å². The van der Waals surface area contributed by atoms with E-state index in [1.165, 1.54) is 5.56 Å². The molecular formula is C25H29N5O2. The minimum absolute atomic E-state index is 0.00704. The molecule has 0 aliphatic carbocycles. The maximum Gasteiger partial charge on any atom is 0.253 e. The van der Waals surface area contributed by atoms with Crippen molar-refractivity contribution in [2.75, 3.05) is 12.8 Å². The van der Waals surface area contributed by atoms with Crippen molar-refractivity contribution in [1.29, 1.82) is 0 Å². The van der Waals surface area contributed by atoms with Crippen LogP contribution in [0.5, 0.6) is 0 Å². The molecule has 0 radical (unpaired) electrons. The van der Waals surface area contributed by atoms with Gasteiger partial charge in [-0.05, 0) is 54.7 Å². The van der Waals surface area contributed by atoms with Gasteiger partial charge in [0, 0.05) is 55.4 Å². The van der Waals surface area contributed by atoms with Crippen LogP contribution in [0, 0.1) is 0 Å². The Kier molecular flexibility index (Phi) is 6.78. The van der Waals surface area contributed by atoms with Crippen molar-refractivity contribution in [3.63, 3.8) is 0 Å². The van der Waals surface area contributed by atoms with Crippen molar-refractivity contribution in [3.05, 3.63) is 89.4 Å². The zero-order valence-corrected chi connectivity index (χ0v) is 18.2. The number of pyridine rings is 2. The molecule has 4 rings (SSSR count). The summed E-state index contributed by atoms with van der Waals surface area (Å²) >= 11 is 0.